The largest absolute Gasteiger partial charge is 0.467 e. The first-order chi connectivity index (χ1) is 14.1. The van der Waals surface area contributed by atoms with E-state index in [1.54, 1.807) is 0 Å². The van der Waals surface area contributed by atoms with E-state index in [9.17, 15) is 9.59 Å². The third kappa shape index (κ3) is 3.21. The Hall–Kier alpha value is -3.40. The molecule has 1 aliphatic rings. The minimum Gasteiger partial charge on any atom is -0.467 e. The van der Waals surface area contributed by atoms with Crippen LogP contribution in [-0.4, -0.2) is 18.9 Å². The molecule has 2 atom stereocenters. The molecule has 0 unspecified atom stereocenters. The highest BCUT2D eigenvalue weighted by Gasteiger charge is 2.54. The molecular weight excluding hydrogens is 362 g/mol. The van der Waals surface area contributed by atoms with Crippen LogP contribution in [0.2, 0.25) is 0 Å². The zero-order valence-corrected chi connectivity index (χ0v) is 16.5. The van der Waals surface area contributed by atoms with Crippen molar-refractivity contribution in [2.24, 2.45) is 0 Å². The number of nitrogens with one attached hydrogen (secondary N) is 1. The lowest BCUT2D eigenvalue weighted by atomic mass is 9.74. The summed E-state index contributed by atoms with van der Waals surface area (Å²) in [5, 5.41) is 3.41. The van der Waals surface area contributed by atoms with Gasteiger partial charge in [0, 0.05) is 23.6 Å². The predicted octanol–water partition coefficient (Wildman–Crippen LogP) is 4.85. The highest BCUT2D eigenvalue weighted by molar-refractivity contribution is 5.99. The molecule has 0 aliphatic carbocycles. The van der Waals surface area contributed by atoms with E-state index in [0.29, 0.717) is 5.56 Å². The third-order valence-electron chi connectivity index (χ3n) is 5.69. The molecule has 1 aliphatic heterocycles. The molecule has 29 heavy (non-hydrogen) atoms. The molecular formula is C25H23NO3. The molecule has 4 rings (SSSR count). The summed E-state index contributed by atoms with van der Waals surface area (Å²) in [6.45, 7) is 2.00. The fourth-order valence-electron chi connectivity index (χ4n) is 4.20. The van der Waals surface area contributed by atoms with Gasteiger partial charge in [0.25, 0.3) is 0 Å². The van der Waals surface area contributed by atoms with Gasteiger partial charge in [-0.05, 0) is 24.1 Å². The first-order valence-corrected chi connectivity index (χ1v) is 9.67. The molecule has 3 aromatic carbocycles. The van der Waals surface area contributed by atoms with Gasteiger partial charge in [-0.3, -0.25) is 4.79 Å². The molecule has 0 amide bonds. The number of ketones is 1. The summed E-state index contributed by atoms with van der Waals surface area (Å²) in [6, 6.07) is 24.8. The number of carbonyl (C=O) groups is 2. The van der Waals surface area contributed by atoms with Gasteiger partial charge in [0.05, 0.1) is 7.11 Å². The Kier molecular flexibility index (Phi) is 4.93. The number of esters is 1. The Morgan fingerprint density at radius 2 is 1.59 bits per heavy atom. The number of fused-ring (bicyclic) bond motifs is 1. The van der Waals surface area contributed by atoms with Crippen LogP contribution in [0.3, 0.4) is 0 Å². The molecule has 146 valence electrons. The Bertz CT molecular complexity index is 1040. The topological polar surface area (TPSA) is 55.4 Å². The smallest absolute Gasteiger partial charge is 0.336 e. The first kappa shape index (κ1) is 18.9. The summed E-state index contributed by atoms with van der Waals surface area (Å²) in [5.41, 5.74) is 3.17. The normalized spacial score (nSPS) is 19.9. The lowest BCUT2D eigenvalue weighted by Crippen LogP contribution is -2.46. The molecule has 0 saturated heterocycles. The number of para-hydroxylation sites is 1. The lowest BCUT2D eigenvalue weighted by Gasteiger charge is -2.34. The van der Waals surface area contributed by atoms with Gasteiger partial charge >= 0.3 is 5.97 Å². The van der Waals surface area contributed by atoms with Crippen LogP contribution >= 0.6 is 0 Å². The number of methoxy groups -OCH3 is 1. The van der Waals surface area contributed by atoms with Crippen LogP contribution in [0.4, 0.5) is 5.69 Å². The van der Waals surface area contributed by atoms with Crippen molar-refractivity contribution in [3.63, 3.8) is 0 Å². The predicted molar refractivity (Wildman–Crippen MR) is 113 cm³/mol. The third-order valence-corrected chi connectivity index (χ3v) is 5.69. The van der Waals surface area contributed by atoms with Gasteiger partial charge in [0.1, 0.15) is 0 Å². The summed E-state index contributed by atoms with van der Waals surface area (Å²) < 4.78 is 5.26. The summed E-state index contributed by atoms with van der Waals surface area (Å²) in [5.74, 6) is -0.792. The van der Waals surface area contributed by atoms with E-state index < -0.39 is 11.5 Å². The van der Waals surface area contributed by atoms with Crippen LogP contribution in [0.5, 0.6) is 0 Å². The molecule has 4 heteroatoms. The average molecular weight is 385 g/mol. The van der Waals surface area contributed by atoms with Crippen LogP contribution in [0.15, 0.2) is 78.9 Å². The SMILES string of the molecule is COC(=O)[C@@]1(c2ccc(C)cc2)Nc2ccccc2[C@@H]1CC(=O)c1ccccc1. The van der Waals surface area contributed by atoms with Gasteiger partial charge in [0.2, 0.25) is 0 Å². The fraction of sp³-hybridized carbons (Fsp3) is 0.200. The molecule has 4 nitrogen and oxygen atoms in total. The van der Waals surface area contributed by atoms with Gasteiger partial charge in [-0.1, -0.05) is 78.4 Å². The van der Waals surface area contributed by atoms with Crippen LogP contribution in [-0.2, 0) is 15.1 Å². The number of hydrogen-bond donors (Lipinski definition) is 1. The molecule has 0 spiro atoms. The molecule has 0 radical (unpaired) electrons. The van der Waals surface area contributed by atoms with E-state index in [4.69, 9.17) is 4.74 Å². The van der Waals surface area contributed by atoms with E-state index >= 15 is 0 Å². The quantitative estimate of drug-likeness (QED) is 0.504. The van der Waals surface area contributed by atoms with Crippen molar-refractivity contribution in [3.8, 4) is 0 Å². The maximum atomic E-state index is 13.2. The number of ether oxygens (including phenoxy) is 1. The van der Waals surface area contributed by atoms with E-state index in [1.807, 2.05) is 85.8 Å². The average Bonchev–Trinajstić information content (AvgIpc) is 3.09. The maximum absolute atomic E-state index is 13.2. The summed E-state index contributed by atoms with van der Waals surface area (Å²) >= 11 is 0. The van der Waals surface area contributed by atoms with Crippen LogP contribution < -0.4 is 5.32 Å². The number of benzene rings is 3. The molecule has 3 aromatic rings. The molecule has 0 aromatic heterocycles. The highest BCUT2D eigenvalue weighted by atomic mass is 16.5. The number of hydrogen-bond acceptors (Lipinski definition) is 4. The summed E-state index contributed by atoms with van der Waals surface area (Å²) in [4.78, 5) is 26.3. The van der Waals surface area contributed by atoms with Crippen molar-refractivity contribution in [2.45, 2.75) is 24.8 Å². The van der Waals surface area contributed by atoms with E-state index in [2.05, 4.69) is 5.32 Å². The van der Waals surface area contributed by atoms with Crippen molar-refractivity contribution >= 4 is 17.4 Å². The van der Waals surface area contributed by atoms with E-state index in [-0.39, 0.29) is 18.1 Å². The molecule has 0 bridgehead atoms. The minimum atomic E-state index is -1.16. The van der Waals surface area contributed by atoms with Crippen molar-refractivity contribution in [1.82, 2.24) is 0 Å². The Morgan fingerprint density at radius 3 is 2.28 bits per heavy atom. The van der Waals surface area contributed by atoms with Crippen molar-refractivity contribution < 1.29 is 14.3 Å². The number of Topliss-reactive ketones (excluding diaryl/α,β-unsaturated/α-hetero) is 1. The van der Waals surface area contributed by atoms with Gasteiger partial charge in [0.15, 0.2) is 11.3 Å². The van der Waals surface area contributed by atoms with Gasteiger partial charge < -0.3 is 10.1 Å². The monoisotopic (exact) mass is 385 g/mol. The van der Waals surface area contributed by atoms with Gasteiger partial charge in [-0.2, -0.15) is 0 Å². The second-order valence-electron chi connectivity index (χ2n) is 7.42. The van der Waals surface area contributed by atoms with Crippen LogP contribution in [0.1, 0.15) is 39.4 Å². The van der Waals surface area contributed by atoms with Crippen molar-refractivity contribution in [3.05, 3.63) is 101 Å². The second kappa shape index (κ2) is 7.55. The zero-order chi connectivity index (χ0) is 20.4. The Morgan fingerprint density at radius 1 is 0.931 bits per heavy atom. The zero-order valence-electron chi connectivity index (χ0n) is 16.5. The standard InChI is InChI=1S/C25H23NO3/c1-17-12-14-19(15-13-17)25(24(28)29-2)21(20-10-6-7-11-22(20)26-25)16-23(27)18-8-4-3-5-9-18/h3-15,21,26H,16H2,1-2H3/t21-,25-/m0/s1. The van der Waals surface area contributed by atoms with Gasteiger partial charge in [-0.15, -0.1) is 0 Å². The number of aryl methyl sites for hydroxylation is 1. The first-order valence-electron chi connectivity index (χ1n) is 9.67. The number of rotatable bonds is 5. The van der Waals surface area contributed by atoms with Crippen molar-refractivity contribution in [2.75, 3.05) is 12.4 Å². The molecule has 1 heterocycles. The Labute approximate surface area is 170 Å². The highest BCUT2D eigenvalue weighted by Crippen LogP contribution is 2.51. The summed E-state index contributed by atoms with van der Waals surface area (Å²) in [7, 11) is 1.39. The van der Waals surface area contributed by atoms with Crippen LogP contribution in [0, 0.1) is 6.92 Å². The Balaban J connectivity index is 1.85. The van der Waals surface area contributed by atoms with E-state index in [1.165, 1.54) is 7.11 Å². The van der Waals surface area contributed by atoms with Crippen LogP contribution in [0.25, 0.3) is 0 Å². The lowest BCUT2D eigenvalue weighted by molar-refractivity contribution is -0.147. The van der Waals surface area contributed by atoms with E-state index in [0.717, 1.165) is 22.4 Å². The molecule has 1 N–H and O–H groups in total. The van der Waals surface area contributed by atoms with Gasteiger partial charge in [-0.25, -0.2) is 4.79 Å². The summed E-state index contributed by atoms with van der Waals surface area (Å²) in [6.07, 6.45) is 0.191. The molecule has 0 saturated carbocycles. The second-order valence-corrected chi connectivity index (χ2v) is 7.42. The fourth-order valence-corrected chi connectivity index (χ4v) is 4.20. The maximum Gasteiger partial charge on any atom is 0.336 e. The number of carbonyl (C=O) groups excluding carboxylic acids is 2. The minimum absolute atomic E-state index is 0.00510. The molecule has 0 fully saturated rings. The number of anilines is 1. The van der Waals surface area contributed by atoms with Crippen molar-refractivity contribution in [1.29, 1.82) is 0 Å².